The van der Waals surface area contributed by atoms with E-state index in [0.717, 1.165) is 38.5 Å². The van der Waals surface area contributed by atoms with Gasteiger partial charge in [-0.1, -0.05) is 39.0 Å². The number of nitrogens with two attached hydrogens (primary N) is 1. The van der Waals surface area contributed by atoms with E-state index in [1.165, 1.54) is 12.8 Å². The maximum Gasteiger partial charge on any atom is 0.313 e. The van der Waals surface area contributed by atoms with Gasteiger partial charge in [0.15, 0.2) is 0 Å². The van der Waals surface area contributed by atoms with Gasteiger partial charge in [0.05, 0.1) is 12.0 Å². The van der Waals surface area contributed by atoms with Crippen LogP contribution < -0.4 is 5.73 Å². The summed E-state index contributed by atoms with van der Waals surface area (Å²) in [5.74, 6) is -0.0822. The molecule has 1 saturated carbocycles. The zero-order chi connectivity index (χ0) is 12.7. The molecule has 2 unspecified atom stereocenters. The van der Waals surface area contributed by atoms with Gasteiger partial charge in [0.25, 0.3) is 0 Å². The fraction of sp³-hybridized carbons (Fsp3) is 0.929. The quantitative estimate of drug-likeness (QED) is 0.574. The Bertz CT molecular complexity index is 242. The third kappa shape index (κ3) is 3.98. The van der Waals surface area contributed by atoms with Crippen molar-refractivity contribution in [2.24, 2.45) is 11.1 Å². The van der Waals surface area contributed by atoms with E-state index < -0.39 is 5.41 Å². The van der Waals surface area contributed by atoms with Gasteiger partial charge in [0, 0.05) is 6.04 Å². The first-order chi connectivity index (χ1) is 8.11. The van der Waals surface area contributed by atoms with Crippen molar-refractivity contribution >= 4 is 5.97 Å². The molecule has 1 fully saturated rings. The Balaban J connectivity index is 2.30. The molecule has 3 heteroatoms. The lowest BCUT2D eigenvalue weighted by atomic mass is 9.72. The van der Waals surface area contributed by atoms with Crippen LogP contribution >= 0.6 is 0 Å². The highest BCUT2D eigenvalue weighted by atomic mass is 16.5. The highest BCUT2D eigenvalue weighted by Crippen LogP contribution is 2.36. The van der Waals surface area contributed by atoms with E-state index in [1.807, 2.05) is 6.92 Å². The normalized spacial score (nSPS) is 29.0. The van der Waals surface area contributed by atoms with Crippen molar-refractivity contribution in [3.05, 3.63) is 0 Å². The van der Waals surface area contributed by atoms with Gasteiger partial charge in [-0.05, 0) is 26.2 Å². The van der Waals surface area contributed by atoms with Crippen LogP contribution in [0, 0.1) is 5.41 Å². The van der Waals surface area contributed by atoms with Gasteiger partial charge in [0.1, 0.15) is 0 Å². The standard InChI is InChI=1S/C14H27NO2/c1-3-4-5-8-11-17-13(16)14(2)10-7-6-9-12(14)15/h12H,3-11,15H2,1-2H3. The van der Waals surface area contributed by atoms with Crippen molar-refractivity contribution in [3.63, 3.8) is 0 Å². The number of ether oxygens (including phenoxy) is 1. The molecular formula is C14H27NO2. The van der Waals surface area contributed by atoms with Crippen LogP contribution in [0.1, 0.15) is 65.2 Å². The Labute approximate surface area is 105 Å². The summed E-state index contributed by atoms with van der Waals surface area (Å²) in [6.45, 7) is 4.69. The Morgan fingerprint density at radius 1 is 1.35 bits per heavy atom. The second-order valence-corrected chi connectivity index (χ2v) is 5.47. The van der Waals surface area contributed by atoms with Crippen molar-refractivity contribution in [1.82, 2.24) is 0 Å². The number of hydrogen-bond donors (Lipinski definition) is 1. The summed E-state index contributed by atoms with van der Waals surface area (Å²) in [5, 5.41) is 0. The lowest BCUT2D eigenvalue weighted by Gasteiger charge is -2.36. The molecule has 17 heavy (non-hydrogen) atoms. The van der Waals surface area contributed by atoms with E-state index in [2.05, 4.69) is 6.92 Å². The predicted molar refractivity (Wildman–Crippen MR) is 69.7 cm³/mol. The molecule has 1 aliphatic carbocycles. The Morgan fingerprint density at radius 2 is 2.12 bits per heavy atom. The maximum absolute atomic E-state index is 12.1. The second kappa shape index (κ2) is 7.00. The molecular weight excluding hydrogens is 214 g/mol. The fourth-order valence-electron chi connectivity index (χ4n) is 2.47. The van der Waals surface area contributed by atoms with Crippen LogP contribution in [-0.2, 0) is 9.53 Å². The summed E-state index contributed by atoms with van der Waals surface area (Å²) in [6.07, 6.45) is 8.60. The third-order valence-electron chi connectivity index (χ3n) is 3.98. The van der Waals surface area contributed by atoms with Gasteiger partial charge in [-0.3, -0.25) is 4.79 Å². The van der Waals surface area contributed by atoms with Crippen LogP contribution in [0.5, 0.6) is 0 Å². The van der Waals surface area contributed by atoms with E-state index in [0.29, 0.717) is 6.61 Å². The summed E-state index contributed by atoms with van der Waals surface area (Å²) in [7, 11) is 0. The topological polar surface area (TPSA) is 52.3 Å². The summed E-state index contributed by atoms with van der Waals surface area (Å²) >= 11 is 0. The molecule has 100 valence electrons. The van der Waals surface area contributed by atoms with Crippen molar-refractivity contribution in [2.75, 3.05) is 6.61 Å². The molecule has 0 spiro atoms. The van der Waals surface area contributed by atoms with Crippen LogP contribution in [0.2, 0.25) is 0 Å². The number of esters is 1. The summed E-state index contributed by atoms with van der Waals surface area (Å²) in [5.41, 5.74) is 5.62. The molecule has 0 amide bonds. The SMILES string of the molecule is CCCCCCOC(=O)C1(C)CCCCC1N. The Morgan fingerprint density at radius 3 is 2.76 bits per heavy atom. The van der Waals surface area contributed by atoms with Crippen molar-refractivity contribution < 1.29 is 9.53 Å². The van der Waals surface area contributed by atoms with Crippen molar-refractivity contribution in [3.8, 4) is 0 Å². The van der Waals surface area contributed by atoms with Crippen LogP contribution in [0.4, 0.5) is 0 Å². The predicted octanol–water partition coefficient (Wildman–Crippen LogP) is 3.02. The van der Waals surface area contributed by atoms with Crippen molar-refractivity contribution in [1.29, 1.82) is 0 Å². The minimum absolute atomic E-state index is 0.0283. The Kier molecular flexibility index (Phi) is 5.96. The van der Waals surface area contributed by atoms with Crippen LogP contribution in [0.3, 0.4) is 0 Å². The fourth-order valence-corrected chi connectivity index (χ4v) is 2.47. The molecule has 0 radical (unpaired) electrons. The average Bonchev–Trinajstić information content (AvgIpc) is 2.32. The van der Waals surface area contributed by atoms with Gasteiger partial charge in [-0.2, -0.15) is 0 Å². The molecule has 0 aromatic carbocycles. The lowest BCUT2D eigenvalue weighted by Crippen LogP contribution is -2.48. The van der Waals surface area contributed by atoms with E-state index in [9.17, 15) is 4.79 Å². The third-order valence-corrected chi connectivity index (χ3v) is 3.98. The summed E-state index contributed by atoms with van der Waals surface area (Å²) < 4.78 is 5.38. The molecule has 0 aliphatic heterocycles. The molecule has 0 bridgehead atoms. The number of carbonyl (C=O) groups is 1. The maximum atomic E-state index is 12.1. The molecule has 3 nitrogen and oxygen atoms in total. The molecule has 2 N–H and O–H groups in total. The minimum Gasteiger partial charge on any atom is -0.465 e. The average molecular weight is 241 g/mol. The van der Waals surface area contributed by atoms with Gasteiger partial charge < -0.3 is 10.5 Å². The van der Waals surface area contributed by atoms with Gasteiger partial charge in [0.2, 0.25) is 0 Å². The highest BCUT2D eigenvalue weighted by molar-refractivity contribution is 5.77. The zero-order valence-corrected chi connectivity index (χ0v) is 11.3. The van der Waals surface area contributed by atoms with Crippen LogP contribution in [-0.4, -0.2) is 18.6 Å². The number of unbranched alkanes of at least 4 members (excludes halogenated alkanes) is 3. The smallest absolute Gasteiger partial charge is 0.313 e. The molecule has 0 aromatic heterocycles. The number of carbonyl (C=O) groups excluding carboxylic acids is 1. The zero-order valence-electron chi connectivity index (χ0n) is 11.3. The van der Waals surface area contributed by atoms with E-state index in [-0.39, 0.29) is 12.0 Å². The first kappa shape index (κ1) is 14.5. The molecule has 1 aliphatic rings. The van der Waals surface area contributed by atoms with E-state index >= 15 is 0 Å². The molecule has 1 rings (SSSR count). The van der Waals surface area contributed by atoms with Crippen LogP contribution in [0.25, 0.3) is 0 Å². The molecule has 2 atom stereocenters. The summed E-state index contributed by atoms with van der Waals surface area (Å²) in [6, 6.07) is -0.0283. The van der Waals surface area contributed by atoms with E-state index in [4.69, 9.17) is 10.5 Å². The molecule has 0 aromatic rings. The largest absolute Gasteiger partial charge is 0.465 e. The van der Waals surface area contributed by atoms with Crippen LogP contribution in [0.15, 0.2) is 0 Å². The van der Waals surface area contributed by atoms with Gasteiger partial charge in [-0.15, -0.1) is 0 Å². The lowest BCUT2D eigenvalue weighted by molar-refractivity contribution is -0.158. The number of hydrogen-bond acceptors (Lipinski definition) is 3. The first-order valence-corrected chi connectivity index (χ1v) is 7.04. The Hall–Kier alpha value is -0.570. The first-order valence-electron chi connectivity index (χ1n) is 7.04. The van der Waals surface area contributed by atoms with Gasteiger partial charge >= 0.3 is 5.97 Å². The number of rotatable bonds is 6. The minimum atomic E-state index is -0.441. The highest BCUT2D eigenvalue weighted by Gasteiger charge is 2.42. The summed E-state index contributed by atoms with van der Waals surface area (Å²) in [4.78, 5) is 12.1. The van der Waals surface area contributed by atoms with E-state index in [1.54, 1.807) is 0 Å². The monoisotopic (exact) mass is 241 g/mol. The molecule has 0 heterocycles. The van der Waals surface area contributed by atoms with Gasteiger partial charge in [-0.25, -0.2) is 0 Å². The van der Waals surface area contributed by atoms with Crippen molar-refractivity contribution in [2.45, 2.75) is 71.3 Å². The molecule has 0 saturated heterocycles. The second-order valence-electron chi connectivity index (χ2n) is 5.47.